The number of nitrogens with zero attached hydrogens (tertiary/aromatic N) is 3. The zero-order valence-electron chi connectivity index (χ0n) is 11.2. The molecule has 3 rings (SSSR count). The second-order valence-electron chi connectivity index (χ2n) is 4.62. The molecule has 0 saturated heterocycles. The fourth-order valence-corrected chi connectivity index (χ4v) is 2.31. The van der Waals surface area contributed by atoms with Gasteiger partial charge in [-0.2, -0.15) is 0 Å². The summed E-state index contributed by atoms with van der Waals surface area (Å²) in [5.41, 5.74) is 0.535. The predicted octanol–water partition coefficient (Wildman–Crippen LogP) is 3.38. The minimum atomic E-state index is -2.66. The van der Waals surface area contributed by atoms with Crippen LogP contribution in [0.4, 0.5) is 8.78 Å². The van der Waals surface area contributed by atoms with E-state index in [1.807, 2.05) is 0 Å². The van der Waals surface area contributed by atoms with Gasteiger partial charge in [0.2, 0.25) is 0 Å². The largest absolute Gasteiger partial charge is 0.284 e. The summed E-state index contributed by atoms with van der Waals surface area (Å²) in [7, 11) is 0. The van der Waals surface area contributed by atoms with Gasteiger partial charge in [-0.05, 0) is 24.3 Å². The molecule has 0 spiro atoms. The van der Waals surface area contributed by atoms with Crippen molar-refractivity contribution in [3.05, 3.63) is 58.0 Å². The highest BCUT2D eigenvalue weighted by atomic mass is 35.5. The van der Waals surface area contributed by atoms with Gasteiger partial charge in [0.1, 0.15) is 11.2 Å². The Labute approximate surface area is 129 Å². The molecule has 112 valence electrons. The second-order valence-corrected chi connectivity index (χ2v) is 5.06. The van der Waals surface area contributed by atoms with E-state index < -0.39 is 18.5 Å². The minimum absolute atomic E-state index is 0.0952. The van der Waals surface area contributed by atoms with Crippen LogP contribution in [0.25, 0.3) is 22.4 Å². The quantitative estimate of drug-likeness (QED) is 0.743. The number of halogens is 3. The first kappa shape index (κ1) is 14.6. The first-order valence-corrected chi connectivity index (χ1v) is 6.83. The molecular formula is C15H10ClF2N3O. The maximum Gasteiger partial charge on any atom is 0.278 e. The van der Waals surface area contributed by atoms with E-state index in [0.29, 0.717) is 16.1 Å². The van der Waals surface area contributed by atoms with Gasteiger partial charge in [-0.25, -0.2) is 18.7 Å². The molecule has 0 aliphatic carbocycles. The maximum atomic E-state index is 12.8. The van der Waals surface area contributed by atoms with Crippen LogP contribution in [0.1, 0.15) is 0 Å². The van der Waals surface area contributed by atoms with Crippen molar-refractivity contribution >= 4 is 22.8 Å². The van der Waals surface area contributed by atoms with Gasteiger partial charge in [-0.15, -0.1) is 0 Å². The van der Waals surface area contributed by atoms with Gasteiger partial charge in [0.25, 0.3) is 12.0 Å². The number of hydrogen-bond acceptors (Lipinski definition) is 3. The SMILES string of the molecule is O=c1c(-c2ccc(Cl)cc2)nc2cccnc2n1CC(F)F. The van der Waals surface area contributed by atoms with E-state index in [9.17, 15) is 13.6 Å². The minimum Gasteiger partial charge on any atom is -0.284 e. The van der Waals surface area contributed by atoms with Crippen molar-refractivity contribution in [3.63, 3.8) is 0 Å². The Morgan fingerprint density at radius 3 is 2.59 bits per heavy atom. The van der Waals surface area contributed by atoms with Crippen molar-refractivity contribution in [2.75, 3.05) is 0 Å². The Morgan fingerprint density at radius 1 is 1.18 bits per heavy atom. The van der Waals surface area contributed by atoms with Crippen LogP contribution in [0.5, 0.6) is 0 Å². The van der Waals surface area contributed by atoms with Crippen molar-refractivity contribution in [1.82, 2.24) is 14.5 Å². The third kappa shape index (κ3) is 2.69. The fraction of sp³-hybridized carbons (Fsp3) is 0.133. The molecule has 0 bridgehead atoms. The standard InChI is InChI=1S/C15H10ClF2N3O/c16-10-5-3-9(4-6-10)13-15(22)21(8-12(17)18)14-11(20-13)2-1-7-19-14/h1-7,12H,8H2. The molecule has 0 aliphatic rings. The number of rotatable bonds is 3. The smallest absolute Gasteiger partial charge is 0.278 e. The highest BCUT2D eigenvalue weighted by molar-refractivity contribution is 6.30. The summed E-state index contributed by atoms with van der Waals surface area (Å²) in [4.78, 5) is 20.7. The van der Waals surface area contributed by atoms with Gasteiger partial charge in [0.15, 0.2) is 5.65 Å². The average Bonchev–Trinajstić information content (AvgIpc) is 2.50. The van der Waals surface area contributed by atoms with Crippen LogP contribution in [0, 0.1) is 0 Å². The Hall–Kier alpha value is -2.34. The lowest BCUT2D eigenvalue weighted by atomic mass is 10.1. The van der Waals surface area contributed by atoms with Gasteiger partial charge in [-0.3, -0.25) is 9.36 Å². The normalized spacial score (nSPS) is 11.3. The van der Waals surface area contributed by atoms with E-state index in [4.69, 9.17) is 11.6 Å². The molecule has 3 aromatic rings. The summed E-state index contributed by atoms with van der Waals surface area (Å²) in [5.74, 6) is 0. The van der Waals surface area contributed by atoms with Crippen LogP contribution in [-0.4, -0.2) is 21.0 Å². The summed E-state index contributed by atoms with van der Waals surface area (Å²) in [6.45, 7) is -0.727. The van der Waals surface area contributed by atoms with Crippen LogP contribution in [-0.2, 0) is 6.54 Å². The fourth-order valence-electron chi connectivity index (χ4n) is 2.18. The van der Waals surface area contributed by atoms with Crippen LogP contribution < -0.4 is 5.56 Å². The van der Waals surface area contributed by atoms with Gasteiger partial charge in [0, 0.05) is 16.8 Å². The number of pyridine rings is 1. The third-order valence-electron chi connectivity index (χ3n) is 3.14. The zero-order valence-corrected chi connectivity index (χ0v) is 12.0. The number of fused-ring (bicyclic) bond motifs is 1. The Morgan fingerprint density at radius 2 is 1.91 bits per heavy atom. The van der Waals surface area contributed by atoms with Gasteiger partial charge in [-0.1, -0.05) is 23.7 Å². The second kappa shape index (κ2) is 5.81. The number of alkyl halides is 2. The molecule has 0 atom stereocenters. The van der Waals surface area contributed by atoms with E-state index in [2.05, 4.69) is 9.97 Å². The van der Waals surface area contributed by atoms with Crippen LogP contribution >= 0.6 is 11.6 Å². The molecule has 0 unspecified atom stereocenters. The monoisotopic (exact) mass is 321 g/mol. The Balaban J connectivity index is 2.29. The summed E-state index contributed by atoms with van der Waals surface area (Å²) < 4.78 is 26.5. The molecule has 2 heterocycles. The van der Waals surface area contributed by atoms with E-state index in [1.165, 1.54) is 6.20 Å². The first-order chi connectivity index (χ1) is 10.6. The van der Waals surface area contributed by atoms with Crippen LogP contribution in [0.2, 0.25) is 5.02 Å². The molecule has 2 aromatic heterocycles. The van der Waals surface area contributed by atoms with E-state index in [1.54, 1.807) is 36.4 Å². The summed E-state index contributed by atoms with van der Waals surface area (Å²) >= 11 is 5.82. The number of hydrogen-bond donors (Lipinski definition) is 0. The van der Waals surface area contributed by atoms with Crippen molar-refractivity contribution < 1.29 is 8.78 Å². The molecule has 0 fully saturated rings. The average molecular weight is 322 g/mol. The van der Waals surface area contributed by atoms with Crippen molar-refractivity contribution in [1.29, 1.82) is 0 Å². The molecule has 4 nitrogen and oxygen atoms in total. The van der Waals surface area contributed by atoms with Crippen molar-refractivity contribution in [3.8, 4) is 11.3 Å². The van der Waals surface area contributed by atoms with Gasteiger partial charge < -0.3 is 0 Å². The topological polar surface area (TPSA) is 47.8 Å². The molecule has 0 N–H and O–H groups in total. The molecule has 0 amide bonds. The molecular weight excluding hydrogens is 312 g/mol. The number of benzene rings is 1. The van der Waals surface area contributed by atoms with E-state index in [0.717, 1.165) is 4.57 Å². The predicted molar refractivity (Wildman–Crippen MR) is 80.2 cm³/mol. The summed E-state index contributed by atoms with van der Waals surface area (Å²) in [5, 5.41) is 0.513. The van der Waals surface area contributed by atoms with Crippen LogP contribution in [0.3, 0.4) is 0 Å². The van der Waals surface area contributed by atoms with E-state index >= 15 is 0 Å². The summed E-state index contributed by atoms with van der Waals surface area (Å²) in [6, 6.07) is 9.75. The lowest BCUT2D eigenvalue weighted by molar-refractivity contribution is 0.126. The maximum absolute atomic E-state index is 12.8. The molecule has 22 heavy (non-hydrogen) atoms. The van der Waals surface area contributed by atoms with Crippen molar-refractivity contribution in [2.45, 2.75) is 13.0 Å². The zero-order chi connectivity index (χ0) is 15.7. The lowest BCUT2D eigenvalue weighted by Gasteiger charge is -2.11. The molecule has 0 aliphatic heterocycles. The highest BCUT2D eigenvalue weighted by Gasteiger charge is 2.16. The molecule has 1 aromatic carbocycles. The number of aromatic nitrogens is 3. The molecule has 0 saturated carbocycles. The third-order valence-corrected chi connectivity index (χ3v) is 3.39. The Kier molecular flexibility index (Phi) is 3.85. The van der Waals surface area contributed by atoms with Crippen LogP contribution in [0.15, 0.2) is 47.4 Å². The van der Waals surface area contributed by atoms with Gasteiger partial charge in [0.05, 0.1) is 6.54 Å². The molecule has 0 radical (unpaired) electrons. The highest BCUT2D eigenvalue weighted by Crippen LogP contribution is 2.19. The lowest BCUT2D eigenvalue weighted by Crippen LogP contribution is -2.27. The molecule has 7 heteroatoms. The Bertz CT molecular complexity index is 878. The summed E-state index contributed by atoms with van der Waals surface area (Å²) in [6.07, 6.45) is -1.23. The van der Waals surface area contributed by atoms with Crippen molar-refractivity contribution in [2.24, 2.45) is 0 Å². The van der Waals surface area contributed by atoms with Gasteiger partial charge >= 0.3 is 0 Å². The van der Waals surface area contributed by atoms with E-state index in [-0.39, 0.29) is 11.3 Å². The first-order valence-electron chi connectivity index (χ1n) is 6.46.